The van der Waals surface area contributed by atoms with Crippen molar-refractivity contribution in [2.45, 2.75) is 38.7 Å². The summed E-state index contributed by atoms with van der Waals surface area (Å²) in [6.45, 7) is 2.07. The van der Waals surface area contributed by atoms with Crippen LogP contribution in [-0.4, -0.2) is 17.2 Å². The molecule has 1 unspecified atom stereocenters. The van der Waals surface area contributed by atoms with Gasteiger partial charge >= 0.3 is 5.97 Å². The van der Waals surface area contributed by atoms with E-state index in [1.165, 1.54) is 5.56 Å². The number of ether oxygens (including phenoxy) is 1. The molecule has 0 saturated heterocycles. The van der Waals surface area contributed by atoms with Crippen LogP contribution in [0.5, 0.6) is 5.75 Å². The first kappa shape index (κ1) is 11.0. The number of hydrogen-bond acceptors (Lipinski definition) is 2. The number of fused-ring (bicyclic) bond motifs is 1. The van der Waals surface area contributed by atoms with E-state index in [0.29, 0.717) is 6.42 Å². The quantitative estimate of drug-likeness (QED) is 0.850. The van der Waals surface area contributed by atoms with E-state index >= 15 is 0 Å². The van der Waals surface area contributed by atoms with Crippen molar-refractivity contribution in [2.75, 3.05) is 0 Å². The number of aryl methyl sites for hydroxylation is 2. The van der Waals surface area contributed by atoms with Gasteiger partial charge in [0.25, 0.3) is 0 Å². The lowest BCUT2D eigenvalue weighted by Gasteiger charge is -2.23. The van der Waals surface area contributed by atoms with Gasteiger partial charge in [-0.05, 0) is 43.4 Å². The van der Waals surface area contributed by atoms with Gasteiger partial charge in [0.05, 0.1) is 6.10 Å². The summed E-state index contributed by atoms with van der Waals surface area (Å²) in [5.41, 5.74) is 2.29. The van der Waals surface area contributed by atoms with E-state index in [1.54, 1.807) is 0 Å². The van der Waals surface area contributed by atoms with Gasteiger partial charge in [-0.3, -0.25) is 4.79 Å². The average Bonchev–Trinajstić information content (AvgIpc) is 2.26. The molecule has 0 fully saturated rings. The van der Waals surface area contributed by atoms with Crippen LogP contribution >= 0.6 is 0 Å². The van der Waals surface area contributed by atoms with Crippen LogP contribution in [0.1, 0.15) is 30.9 Å². The lowest BCUT2D eigenvalue weighted by atomic mass is 9.99. The Balaban J connectivity index is 2.10. The van der Waals surface area contributed by atoms with Gasteiger partial charge in [0.1, 0.15) is 5.75 Å². The molecule has 1 aliphatic rings. The zero-order valence-electron chi connectivity index (χ0n) is 9.40. The molecule has 1 aliphatic heterocycles. The van der Waals surface area contributed by atoms with E-state index in [9.17, 15) is 4.79 Å². The van der Waals surface area contributed by atoms with Crippen LogP contribution in [-0.2, 0) is 17.6 Å². The molecule has 3 heteroatoms. The normalized spacial score (nSPS) is 18.7. The number of carboxylic acid groups (broad SMARTS) is 1. The second-order valence-electron chi connectivity index (χ2n) is 4.30. The third-order valence-corrected chi connectivity index (χ3v) is 2.90. The number of aliphatic carboxylic acids is 1. The summed E-state index contributed by atoms with van der Waals surface area (Å²) in [5, 5.41) is 8.62. The van der Waals surface area contributed by atoms with E-state index in [-0.39, 0.29) is 12.5 Å². The molecule has 0 aromatic heterocycles. The third kappa shape index (κ3) is 2.54. The number of hydrogen-bond donors (Lipinski definition) is 1. The molecule has 1 aromatic rings. The van der Waals surface area contributed by atoms with E-state index in [0.717, 1.165) is 24.2 Å². The van der Waals surface area contributed by atoms with Crippen molar-refractivity contribution in [1.29, 1.82) is 0 Å². The molecule has 2 rings (SSSR count). The Labute approximate surface area is 95.0 Å². The van der Waals surface area contributed by atoms with Crippen molar-refractivity contribution in [3.63, 3.8) is 0 Å². The Kier molecular flexibility index (Phi) is 3.13. The average molecular weight is 220 g/mol. The number of carbonyl (C=O) groups is 1. The van der Waals surface area contributed by atoms with Crippen molar-refractivity contribution in [2.24, 2.45) is 0 Å². The minimum Gasteiger partial charge on any atom is -0.490 e. The first-order chi connectivity index (χ1) is 7.65. The minimum atomic E-state index is -0.748. The van der Waals surface area contributed by atoms with Crippen molar-refractivity contribution in [1.82, 2.24) is 0 Å². The van der Waals surface area contributed by atoms with Crippen LogP contribution in [0.15, 0.2) is 18.2 Å². The first-order valence-electron chi connectivity index (χ1n) is 5.65. The first-order valence-corrected chi connectivity index (χ1v) is 5.65. The van der Waals surface area contributed by atoms with Crippen LogP contribution < -0.4 is 4.74 Å². The van der Waals surface area contributed by atoms with Crippen molar-refractivity contribution in [3.05, 3.63) is 29.3 Å². The zero-order chi connectivity index (χ0) is 11.5. The summed E-state index contributed by atoms with van der Waals surface area (Å²) >= 11 is 0. The monoisotopic (exact) mass is 220 g/mol. The van der Waals surface area contributed by atoms with Crippen LogP contribution in [0, 0.1) is 0 Å². The molecule has 1 atom stereocenters. The summed E-state index contributed by atoms with van der Waals surface area (Å²) in [4.78, 5) is 10.5. The summed E-state index contributed by atoms with van der Waals surface area (Å²) in [6.07, 6.45) is 3.14. The third-order valence-electron chi connectivity index (χ3n) is 2.90. The standard InChI is InChI=1S/C13H16O3/c1-9-2-5-11-8-10(4-7-13(14)15)3-6-12(11)16-9/h3,6,8-9H,2,4-5,7H2,1H3,(H,14,15). The molecule has 0 bridgehead atoms. The van der Waals surface area contributed by atoms with Gasteiger partial charge in [-0.25, -0.2) is 0 Å². The lowest BCUT2D eigenvalue weighted by Crippen LogP contribution is -2.18. The summed E-state index contributed by atoms with van der Waals surface area (Å²) < 4.78 is 5.70. The Morgan fingerprint density at radius 3 is 3.12 bits per heavy atom. The van der Waals surface area contributed by atoms with Gasteiger partial charge in [-0.1, -0.05) is 12.1 Å². The number of benzene rings is 1. The van der Waals surface area contributed by atoms with Crippen molar-refractivity contribution < 1.29 is 14.6 Å². The van der Waals surface area contributed by atoms with Gasteiger partial charge in [0, 0.05) is 6.42 Å². The van der Waals surface area contributed by atoms with Gasteiger partial charge < -0.3 is 9.84 Å². The molecule has 0 saturated carbocycles. The van der Waals surface area contributed by atoms with E-state index in [1.807, 2.05) is 12.1 Å². The SMILES string of the molecule is CC1CCc2cc(CCC(=O)O)ccc2O1. The van der Waals surface area contributed by atoms with Crippen LogP contribution in [0.2, 0.25) is 0 Å². The van der Waals surface area contributed by atoms with Gasteiger partial charge in [-0.15, -0.1) is 0 Å². The molecule has 0 amide bonds. The molecule has 16 heavy (non-hydrogen) atoms. The van der Waals surface area contributed by atoms with Gasteiger partial charge in [0.2, 0.25) is 0 Å². The van der Waals surface area contributed by atoms with Gasteiger partial charge in [0.15, 0.2) is 0 Å². The zero-order valence-corrected chi connectivity index (χ0v) is 9.40. The fourth-order valence-electron chi connectivity index (χ4n) is 1.98. The summed E-state index contributed by atoms with van der Waals surface area (Å²) in [5.74, 6) is 0.209. The molecule has 0 spiro atoms. The second kappa shape index (κ2) is 4.56. The van der Waals surface area contributed by atoms with Crippen molar-refractivity contribution >= 4 is 5.97 Å². The maximum Gasteiger partial charge on any atom is 0.303 e. The predicted molar refractivity (Wildman–Crippen MR) is 60.8 cm³/mol. The molecule has 86 valence electrons. The highest BCUT2D eigenvalue weighted by atomic mass is 16.5. The highest BCUT2D eigenvalue weighted by Crippen LogP contribution is 2.28. The van der Waals surface area contributed by atoms with E-state index in [2.05, 4.69) is 13.0 Å². The molecule has 0 aliphatic carbocycles. The Morgan fingerprint density at radius 2 is 2.38 bits per heavy atom. The van der Waals surface area contributed by atoms with Crippen LogP contribution in [0.3, 0.4) is 0 Å². The molecule has 3 nitrogen and oxygen atoms in total. The fraction of sp³-hybridized carbons (Fsp3) is 0.462. The highest BCUT2D eigenvalue weighted by molar-refractivity contribution is 5.67. The highest BCUT2D eigenvalue weighted by Gasteiger charge is 2.16. The number of rotatable bonds is 3. The molecular weight excluding hydrogens is 204 g/mol. The Hall–Kier alpha value is -1.51. The molecule has 1 N–H and O–H groups in total. The molecule has 1 heterocycles. The molecular formula is C13H16O3. The maximum absolute atomic E-state index is 10.5. The van der Waals surface area contributed by atoms with Gasteiger partial charge in [-0.2, -0.15) is 0 Å². The van der Waals surface area contributed by atoms with Crippen molar-refractivity contribution in [3.8, 4) is 5.75 Å². The molecule has 1 aromatic carbocycles. The number of carboxylic acids is 1. The maximum atomic E-state index is 10.5. The topological polar surface area (TPSA) is 46.5 Å². The fourth-order valence-corrected chi connectivity index (χ4v) is 1.98. The minimum absolute atomic E-state index is 0.191. The lowest BCUT2D eigenvalue weighted by molar-refractivity contribution is -0.136. The van der Waals surface area contributed by atoms with Crippen LogP contribution in [0.25, 0.3) is 0 Å². The van der Waals surface area contributed by atoms with E-state index in [4.69, 9.17) is 9.84 Å². The predicted octanol–water partition coefficient (Wildman–Crippen LogP) is 2.42. The largest absolute Gasteiger partial charge is 0.490 e. The molecule has 0 radical (unpaired) electrons. The van der Waals surface area contributed by atoms with Crippen LogP contribution in [0.4, 0.5) is 0 Å². The Bertz CT molecular complexity index is 398. The smallest absolute Gasteiger partial charge is 0.303 e. The van der Waals surface area contributed by atoms with E-state index < -0.39 is 5.97 Å². The second-order valence-corrected chi connectivity index (χ2v) is 4.30. The summed E-state index contributed by atoms with van der Waals surface area (Å²) in [7, 11) is 0. The summed E-state index contributed by atoms with van der Waals surface area (Å²) in [6, 6.07) is 5.99. The Morgan fingerprint density at radius 1 is 1.56 bits per heavy atom.